The van der Waals surface area contributed by atoms with Crippen LogP contribution in [0.2, 0.25) is 0 Å². The van der Waals surface area contributed by atoms with Crippen molar-refractivity contribution in [3.8, 4) is 0 Å². The lowest BCUT2D eigenvalue weighted by Crippen LogP contribution is -2.35. The summed E-state index contributed by atoms with van der Waals surface area (Å²) in [5.74, 6) is -1.76. The van der Waals surface area contributed by atoms with Gasteiger partial charge in [-0.05, 0) is 18.2 Å². The number of ether oxygens (including phenoxy) is 1. The highest BCUT2D eigenvalue weighted by atomic mass is 32.1. The number of carbonyl (C=O) groups excluding carboxylic acids is 3. The van der Waals surface area contributed by atoms with Gasteiger partial charge in [-0.2, -0.15) is 4.99 Å². The third-order valence-electron chi connectivity index (χ3n) is 4.79. The van der Waals surface area contributed by atoms with Gasteiger partial charge in [0.15, 0.2) is 4.80 Å². The number of nitro groups is 1. The summed E-state index contributed by atoms with van der Waals surface area (Å²) >= 11 is 1.11. The largest absolute Gasteiger partial charge is 0.383 e. The Morgan fingerprint density at radius 2 is 1.84 bits per heavy atom. The number of fused-ring (bicyclic) bond motifs is 2. The summed E-state index contributed by atoms with van der Waals surface area (Å²) in [5.41, 5.74) is 1.10. The molecule has 0 saturated carbocycles. The summed E-state index contributed by atoms with van der Waals surface area (Å²) in [6.45, 7) is 0.209. The fourth-order valence-electron chi connectivity index (χ4n) is 3.32. The fraction of sp³-hybridized carbons (Fsp3) is 0.200. The van der Waals surface area contributed by atoms with Crippen LogP contribution in [-0.4, -0.2) is 52.4 Å². The minimum absolute atomic E-state index is 0.0726. The molecule has 0 spiro atoms. The Hall–Kier alpha value is -3.70. The molecule has 0 saturated heterocycles. The number of nitrogens with zero attached hydrogens (tertiary/aromatic N) is 4. The number of non-ortho nitro benzene ring substituents is 1. The van der Waals surface area contributed by atoms with Crippen LogP contribution in [0.3, 0.4) is 0 Å². The van der Waals surface area contributed by atoms with Crippen molar-refractivity contribution in [2.45, 2.75) is 6.54 Å². The molecule has 10 nitrogen and oxygen atoms in total. The smallest absolute Gasteiger partial charge is 0.270 e. The van der Waals surface area contributed by atoms with Crippen molar-refractivity contribution >= 4 is 45.0 Å². The first-order valence-corrected chi connectivity index (χ1v) is 10.0. The number of nitro benzene ring substituents is 1. The Morgan fingerprint density at radius 3 is 2.45 bits per heavy atom. The zero-order chi connectivity index (χ0) is 22.1. The molecule has 2 aromatic carbocycles. The number of benzene rings is 2. The summed E-state index contributed by atoms with van der Waals surface area (Å²) in [6.07, 6.45) is 0. The Bertz CT molecular complexity index is 1270. The summed E-state index contributed by atoms with van der Waals surface area (Å²) in [4.78, 5) is 53.4. The molecule has 0 bridgehead atoms. The van der Waals surface area contributed by atoms with E-state index in [4.69, 9.17) is 4.74 Å². The zero-order valence-corrected chi connectivity index (χ0v) is 17.1. The second-order valence-electron chi connectivity index (χ2n) is 6.69. The molecule has 0 N–H and O–H groups in total. The minimum atomic E-state index is -0.679. The van der Waals surface area contributed by atoms with E-state index in [1.54, 1.807) is 22.8 Å². The maximum Gasteiger partial charge on any atom is 0.270 e. The van der Waals surface area contributed by atoms with Crippen molar-refractivity contribution in [2.24, 2.45) is 4.99 Å². The van der Waals surface area contributed by atoms with Crippen molar-refractivity contribution in [3.05, 3.63) is 68.5 Å². The van der Waals surface area contributed by atoms with Gasteiger partial charge in [0.1, 0.15) is 6.54 Å². The van der Waals surface area contributed by atoms with Crippen LogP contribution in [0.1, 0.15) is 20.7 Å². The van der Waals surface area contributed by atoms with E-state index in [1.165, 1.54) is 31.4 Å². The molecule has 31 heavy (non-hydrogen) atoms. The number of aromatic nitrogens is 1. The van der Waals surface area contributed by atoms with E-state index >= 15 is 0 Å². The van der Waals surface area contributed by atoms with Crippen molar-refractivity contribution in [2.75, 3.05) is 20.3 Å². The Morgan fingerprint density at radius 1 is 1.16 bits per heavy atom. The molecule has 158 valence electrons. The van der Waals surface area contributed by atoms with E-state index in [0.717, 1.165) is 16.2 Å². The topological polar surface area (TPSA) is 124 Å². The van der Waals surface area contributed by atoms with Crippen LogP contribution < -0.4 is 4.80 Å². The fourth-order valence-corrected chi connectivity index (χ4v) is 4.43. The van der Waals surface area contributed by atoms with Gasteiger partial charge in [-0.1, -0.05) is 23.5 Å². The number of hydrogen-bond donors (Lipinski definition) is 0. The Kier molecular flexibility index (Phi) is 5.44. The van der Waals surface area contributed by atoms with Crippen molar-refractivity contribution in [1.82, 2.24) is 9.47 Å². The molecular formula is C20H16N4O6S. The lowest BCUT2D eigenvalue weighted by Gasteiger charge is -2.10. The van der Waals surface area contributed by atoms with Gasteiger partial charge in [0.25, 0.3) is 23.4 Å². The van der Waals surface area contributed by atoms with E-state index in [2.05, 4.69) is 4.99 Å². The molecule has 3 amide bonds. The highest BCUT2D eigenvalue weighted by molar-refractivity contribution is 7.16. The molecule has 1 aliphatic heterocycles. The maximum atomic E-state index is 12.6. The second kappa shape index (κ2) is 8.20. The first-order valence-electron chi connectivity index (χ1n) is 9.20. The molecule has 1 aromatic heterocycles. The lowest BCUT2D eigenvalue weighted by atomic mass is 10.1. The van der Waals surface area contributed by atoms with Gasteiger partial charge in [0, 0.05) is 25.8 Å². The molecule has 0 aliphatic carbocycles. The van der Waals surface area contributed by atoms with E-state index in [-0.39, 0.29) is 16.8 Å². The van der Waals surface area contributed by atoms with Gasteiger partial charge in [-0.3, -0.25) is 29.4 Å². The van der Waals surface area contributed by atoms with Crippen molar-refractivity contribution in [3.63, 3.8) is 0 Å². The van der Waals surface area contributed by atoms with Crippen molar-refractivity contribution < 1.29 is 24.0 Å². The molecule has 0 fully saturated rings. The van der Waals surface area contributed by atoms with Crippen LogP contribution in [0.25, 0.3) is 10.2 Å². The molecule has 11 heteroatoms. The van der Waals surface area contributed by atoms with Crippen LogP contribution >= 0.6 is 11.3 Å². The van der Waals surface area contributed by atoms with Crippen LogP contribution in [-0.2, 0) is 16.1 Å². The third kappa shape index (κ3) is 3.76. The monoisotopic (exact) mass is 440 g/mol. The molecule has 0 radical (unpaired) electrons. The van der Waals surface area contributed by atoms with Gasteiger partial charge in [-0.25, -0.2) is 0 Å². The van der Waals surface area contributed by atoms with Crippen LogP contribution in [0.15, 0.2) is 47.5 Å². The average Bonchev–Trinajstić information content (AvgIpc) is 3.21. The number of hydrogen-bond acceptors (Lipinski definition) is 7. The van der Waals surface area contributed by atoms with Crippen molar-refractivity contribution in [1.29, 1.82) is 0 Å². The number of rotatable bonds is 6. The maximum absolute atomic E-state index is 12.6. The quantitative estimate of drug-likeness (QED) is 0.328. The van der Waals surface area contributed by atoms with Crippen LogP contribution in [0, 0.1) is 10.1 Å². The van der Waals surface area contributed by atoms with E-state index in [0.29, 0.717) is 28.2 Å². The third-order valence-corrected chi connectivity index (χ3v) is 5.83. The molecule has 0 atom stereocenters. The Balaban J connectivity index is 1.68. The summed E-state index contributed by atoms with van der Waals surface area (Å²) in [5, 5.41) is 11.1. The van der Waals surface area contributed by atoms with Crippen LogP contribution in [0.5, 0.6) is 0 Å². The average molecular weight is 440 g/mol. The highest BCUT2D eigenvalue weighted by Crippen LogP contribution is 2.24. The number of carbonyl (C=O) groups is 3. The van der Waals surface area contributed by atoms with Gasteiger partial charge in [0.2, 0.25) is 0 Å². The number of methoxy groups -OCH3 is 1. The summed E-state index contributed by atoms with van der Waals surface area (Å²) < 4.78 is 7.41. The standard InChI is InChI=1S/C20H16N4O6S/c1-30-9-8-22-15-7-6-12(24(28)29)10-16(15)31-20(22)21-17(25)11-23-18(26)13-4-2-3-5-14(13)19(23)27/h2-7,10H,8-9,11H2,1H3. The van der Waals surface area contributed by atoms with E-state index in [9.17, 15) is 24.5 Å². The summed E-state index contributed by atoms with van der Waals surface area (Å²) in [6, 6.07) is 10.8. The minimum Gasteiger partial charge on any atom is -0.383 e. The first kappa shape index (κ1) is 20.6. The predicted molar refractivity (Wildman–Crippen MR) is 111 cm³/mol. The first-order chi connectivity index (χ1) is 14.9. The Labute approximate surface area is 179 Å². The summed E-state index contributed by atoms with van der Waals surface area (Å²) in [7, 11) is 1.53. The van der Waals surface area contributed by atoms with Gasteiger partial charge in [0.05, 0.1) is 32.9 Å². The van der Waals surface area contributed by atoms with Crippen LogP contribution in [0.4, 0.5) is 5.69 Å². The molecular weight excluding hydrogens is 424 g/mol. The molecule has 4 rings (SSSR count). The molecule has 2 heterocycles. The SMILES string of the molecule is COCCn1c(=NC(=O)CN2C(=O)c3ccccc3C2=O)sc2cc([N+](=O)[O-])ccc21. The van der Waals surface area contributed by atoms with E-state index < -0.39 is 29.2 Å². The number of thiazole rings is 1. The van der Waals surface area contributed by atoms with Gasteiger partial charge < -0.3 is 9.30 Å². The molecule has 3 aromatic rings. The second-order valence-corrected chi connectivity index (χ2v) is 7.69. The lowest BCUT2D eigenvalue weighted by molar-refractivity contribution is -0.384. The molecule has 1 aliphatic rings. The van der Waals surface area contributed by atoms with E-state index in [1.807, 2.05) is 0 Å². The van der Waals surface area contributed by atoms with Gasteiger partial charge >= 0.3 is 0 Å². The number of imide groups is 1. The normalized spacial score (nSPS) is 13.8. The zero-order valence-electron chi connectivity index (χ0n) is 16.3. The number of amides is 3. The molecule has 0 unspecified atom stereocenters. The predicted octanol–water partition coefficient (Wildman–Crippen LogP) is 1.98. The highest BCUT2D eigenvalue weighted by Gasteiger charge is 2.36. The van der Waals surface area contributed by atoms with Gasteiger partial charge in [-0.15, -0.1) is 0 Å².